The molecule has 7 nitrogen and oxygen atoms in total. The average Bonchev–Trinajstić information content (AvgIpc) is 3.07. The highest BCUT2D eigenvalue weighted by molar-refractivity contribution is 7.99. The summed E-state index contributed by atoms with van der Waals surface area (Å²) in [7, 11) is 1.55. The van der Waals surface area contributed by atoms with E-state index in [-0.39, 0.29) is 23.3 Å². The number of aromatic nitrogens is 2. The molecule has 3 aromatic carbocycles. The van der Waals surface area contributed by atoms with Crippen LogP contribution in [0.4, 0.5) is 0 Å². The standard InChI is InChI=1S/C24H17N3O4S/c1-31-16-8-6-7-15(13-16)27-23(30)19-11-4-5-12-20(19)25-24(27)32-14-26-21(28)17-9-2-3-10-18(17)22(26)29/h2-13H,14H2,1H3. The van der Waals surface area contributed by atoms with Crippen LogP contribution in [0.2, 0.25) is 0 Å². The third kappa shape index (κ3) is 3.25. The van der Waals surface area contributed by atoms with E-state index in [9.17, 15) is 14.4 Å². The van der Waals surface area contributed by atoms with Gasteiger partial charge in [-0.2, -0.15) is 0 Å². The van der Waals surface area contributed by atoms with Gasteiger partial charge in [0.1, 0.15) is 5.75 Å². The Morgan fingerprint density at radius 2 is 1.56 bits per heavy atom. The fourth-order valence-electron chi connectivity index (χ4n) is 3.67. The van der Waals surface area contributed by atoms with E-state index >= 15 is 0 Å². The fraction of sp³-hybridized carbons (Fsp3) is 0.0833. The van der Waals surface area contributed by atoms with E-state index in [0.717, 1.165) is 11.8 Å². The van der Waals surface area contributed by atoms with Gasteiger partial charge >= 0.3 is 0 Å². The van der Waals surface area contributed by atoms with E-state index in [1.54, 1.807) is 73.8 Å². The van der Waals surface area contributed by atoms with Crippen molar-refractivity contribution in [2.45, 2.75) is 5.16 Å². The van der Waals surface area contributed by atoms with E-state index < -0.39 is 0 Å². The molecule has 0 N–H and O–H groups in total. The second-order valence-corrected chi connectivity index (χ2v) is 8.02. The van der Waals surface area contributed by atoms with Crippen molar-refractivity contribution in [3.8, 4) is 11.4 Å². The van der Waals surface area contributed by atoms with Crippen molar-refractivity contribution in [2.24, 2.45) is 0 Å². The van der Waals surface area contributed by atoms with Gasteiger partial charge < -0.3 is 4.74 Å². The zero-order valence-electron chi connectivity index (χ0n) is 17.0. The molecule has 0 saturated carbocycles. The molecule has 0 spiro atoms. The lowest BCUT2D eigenvalue weighted by molar-refractivity contribution is 0.0684. The Morgan fingerprint density at radius 1 is 0.875 bits per heavy atom. The summed E-state index contributed by atoms with van der Waals surface area (Å²) in [6.45, 7) is 0. The highest BCUT2D eigenvalue weighted by Crippen LogP contribution is 2.28. The van der Waals surface area contributed by atoms with Crippen molar-refractivity contribution in [2.75, 3.05) is 13.0 Å². The minimum Gasteiger partial charge on any atom is -0.497 e. The van der Waals surface area contributed by atoms with E-state index in [0.29, 0.717) is 38.6 Å². The van der Waals surface area contributed by atoms with Crippen molar-refractivity contribution in [3.05, 3.63) is 94.3 Å². The first-order valence-corrected chi connectivity index (χ1v) is 10.8. The minimum atomic E-state index is -0.353. The van der Waals surface area contributed by atoms with Crippen LogP contribution in [0, 0.1) is 0 Å². The number of hydrogen-bond donors (Lipinski definition) is 0. The molecule has 0 saturated heterocycles. The monoisotopic (exact) mass is 443 g/mol. The first kappa shape index (κ1) is 20.0. The molecule has 0 bridgehead atoms. The Kier molecular flexibility index (Phi) is 4.99. The van der Waals surface area contributed by atoms with Crippen molar-refractivity contribution in [3.63, 3.8) is 0 Å². The number of rotatable bonds is 5. The number of ether oxygens (including phenoxy) is 1. The van der Waals surface area contributed by atoms with Gasteiger partial charge in [-0.3, -0.25) is 23.9 Å². The number of benzene rings is 3. The molecule has 0 radical (unpaired) electrons. The summed E-state index contributed by atoms with van der Waals surface area (Å²) >= 11 is 1.16. The second-order valence-electron chi connectivity index (χ2n) is 7.11. The molecule has 32 heavy (non-hydrogen) atoms. The van der Waals surface area contributed by atoms with Crippen LogP contribution in [0.25, 0.3) is 16.6 Å². The van der Waals surface area contributed by atoms with Crippen LogP contribution in [0.1, 0.15) is 20.7 Å². The van der Waals surface area contributed by atoms with Crippen LogP contribution in [0.5, 0.6) is 5.75 Å². The number of thioether (sulfide) groups is 1. The summed E-state index contributed by atoms with van der Waals surface area (Å²) in [4.78, 5) is 44.7. The van der Waals surface area contributed by atoms with Gasteiger partial charge in [-0.25, -0.2) is 4.98 Å². The van der Waals surface area contributed by atoms with Gasteiger partial charge in [-0.1, -0.05) is 42.1 Å². The van der Waals surface area contributed by atoms with Crippen molar-refractivity contribution in [1.29, 1.82) is 0 Å². The number of imide groups is 1. The number of amides is 2. The number of carbonyl (C=O) groups excluding carboxylic acids is 2. The van der Waals surface area contributed by atoms with E-state index in [2.05, 4.69) is 4.98 Å². The predicted octanol–water partition coefficient (Wildman–Crippen LogP) is 3.74. The van der Waals surface area contributed by atoms with Crippen molar-refractivity contribution >= 4 is 34.5 Å². The van der Waals surface area contributed by atoms with Gasteiger partial charge in [0.15, 0.2) is 5.16 Å². The van der Waals surface area contributed by atoms with Crippen LogP contribution in [0.15, 0.2) is 82.7 Å². The number of hydrogen-bond acceptors (Lipinski definition) is 6. The molecule has 1 aromatic heterocycles. The molecule has 5 rings (SSSR count). The van der Waals surface area contributed by atoms with Gasteiger partial charge in [0.25, 0.3) is 17.4 Å². The molecule has 8 heteroatoms. The molecule has 2 heterocycles. The number of nitrogens with zero attached hydrogens (tertiary/aromatic N) is 3. The van der Waals surface area contributed by atoms with Gasteiger partial charge in [0.2, 0.25) is 0 Å². The minimum absolute atomic E-state index is 0.0289. The van der Waals surface area contributed by atoms with E-state index in [1.165, 1.54) is 9.47 Å². The molecule has 0 unspecified atom stereocenters. The van der Waals surface area contributed by atoms with Gasteiger partial charge in [-0.15, -0.1) is 0 Å². The Hall–Kier alpha value is -3.91. The van der Waals surface area contributed by atoms with E-state index in [4.69, 9.17) is 4.74 Å². The number of fused-ring (bicyclic) bond motifs is 2. The second kappa shape index (κ2) is 7.97. The topological polar surface area (TPSA) is 81.5 Å². The molecule has 1 aliphatic rings. The molecule has 4 aromatic rings. The Labute approximate surface area is 187 Å². The normalized spacial score (nSPS) is 13.0. The summed E-state index contributed by atoms with van der Waals surface area (Å²) in [5.41, 5.74) is 1.65. The smallest absolute Gasteiger partial charge is 0.266 e. The summed E-state index contributed by atoms with van der Waals surface area (Å²) in [6.07, 6.45) is 0. The summed E-state index contributed by atoms with van der Waals surface area (Å²) in [5, 5.41) is 0.846. The molecule has 0 fully saturated rings. The van der Waals surface area contributed by atoms with Crippen LogP contribution in [-0.4, -0.2) is 39.3 Å². The summed E-state index contributed by atoms with van der Waals surface area (Å²) in [5.74, 6) is -0.0802. The Morgan fingerprint density at radius 3 is 2.28 bits per heavy atom. The zero-order chi connectivity index (χ0) is 22.2. The molecule has 158 valence electrons. The van der Waals surface area contributed by atoms with Crippen molar-refractivity contribution in [1.82, 2.24) is 14.5 Å². The van der Waals surface area contributed by atoms with Gasteiger partial charge in [0, 0.05) is 6.07 Å². The Balaban J connectivity index is 1.57. The lowest BCUT2D eigenvalue weighted by Gasteiger charge is -2.17. The molecule has 0 aliphatic carbocycles. The third-order valence-electron chi connectivity index (χ3n) is 5.26. The van der Waals surface area contributed by atoms with Crippen LogP contribution < -0.4 is 10.3 Å². The SMILES string of the molecule is COc1cccc(-n2c(SCN3C(=O)c4ccccc4C3=O)nc3ccccc3c2=O)c1. The van der Waals surface area contributed by atoms with Gasteiger partial charge in [-0.05, 0) is 36.4 Å². The van der Waals surface area contributed by atoms with Gasteiger partial charge in [0.05, 0.1) is 40.7 Å². The lowest BCUT2D eigenvalue weighted by atomic mass is 10.1. The number of methoxy groups -OCH3 is 1. The highest BCUT2D eigenvalue weighted by Gasteiger charge is 2.35. The molecule has 2 amide bonds. The predicted molar refractivity (Wildman–Crippen MR) is 122 cm³/mol. The largest absolute Gasteiger partial charge is 0.497 e. The number of carbonyl (C=O) groups is 2. The lowest BCUT2D eigenvalue weighted by Crippen LogP contribution is -2.30. The van der Waals surface area contributed by atoms with E-state index in [1.807, 2.05) is 6.07 Å². The first-order chi connectivity index (χ1) is 15.6. The molecule has 0 atom stereocenters. The fourth-order valence-corrected chi connectivity index (χ4v) is 4.62. The maximum atomic E-state index is 13.4. The Bertz CT molecular complexity index is 1410. The first-order valence-electron chi connectivity index (χ1n) is 9.83. The number of para-hydroxylation sites is 1. The molecule has 1 aliphatic heterocycles. The maximum absolute atomic E-state index is 13.4. The molecular formula is C24H17N3O4S. The summed E-state index contributed by atoms with van der Waals surface area (Å²) < 4.78 is 6.79. The van der Waals surface area contributed by atoms with Crippen LogP contribution >= 0.6 is 11.8 Å². The van der Waals surface area contributed by atoms with Crippen LogP contribution in [0.3, 0.4) is 0 Å². The third-order valence-corrected chi connectivity index (χ3v) is 6.18. The molecular weight excluding hydrogens is 426 g/mol. The quantitative estimate of drug-likeness (QED) is 0.266. The highest BCUT2D eigenvalue weighted by atomic mass is 32.2. The summed E-state index contributed by atoms with van der Waals surface area (Å²) in [6, 6.07) is 20.9. The van der Waals surface area contributed by atoms with Crippen molar-refractivity contribution < 1.29 is 14.3 Å². The average molecular weight is 443 g/mol. The van der Waals surface area contributed by atoms with Crippen LogP contribution in [-0.2, 0) is 0 Å². The zero-order valence-corrected chi connectivity index (χ0v) is 17.8. The maximum Gasteiger partial charge on any atom is 0.266 e.